The van der Waals surface area contributed by atoms with Crippen molar-refractivity contribution in [1.82, 2.24) is 4.90 Å². The molecule has 0 saturated carbocycles. The highest BCUT2D eigenvalue weighted by Crippen LogP contribution is 2.32. The maximum Gasteiger partial charge on any atom is 0.278 e. The van der Waals surface area contributed by atoms with E-state index in [1.165, 1.54) is 4.90 Å². The van der Waals surface area contributed by atoms with Gasteiger partial charge in [0.2, 0.25) is 0 Å². The van der Waals surface area contributed by atoms with Gasteiger partial charge in [-0.25, -0.2) is 0 Å². The van der Waals surface area contributed by atoms with Crippen molar-refractivity contribution in [3.63, 3.8) is 0 Å². The van der Waals surface area contributed by atoms with Crippen LogP contribution in [-0.4, -0.2) is 23.3 Å². The van der Waals surface area contributed by atoms with E-state index < -0.39 is 5.91 Å². The predicted octanol–water partition coefficient (Wildman–Crippen LogP) is 5.78. The molecule has 0 radical (unpaired) electrons. The van der Waals surface area contributed by atoms with Crippen LogP contribution in [0.15, 0.2) is 78.5 Å². The van der Waals surface area contributed by atoms with Crippen LogP contribution in [0.5, 0.6) is 5.75 Å². The van der Waals surface area contributed by atoms with Gasteiger partial charge in [0.25, 0.3) is 11.8 Å². The van der Waals surface area contributed by atoms with Gasteiger partial charge in [-0.3, -0.25) is 14.5 Å². The molecule has 3 aromatic carbocycles. The molecule has 3 aromatic rings. The third-order valence-electron chi connectivity index (χ3n) is 4.99. The molecule has 1 aliphatic heterocycles. The van der Waals surface area contributed by atoms with E-state index in [2.05, 4.69) is 5.32 Å². The van der Waals surface area contributed by atoms with Crippen molar-refractivity contribution in [3.05, 3.63) is 99.7 Å². The minimum absolute atomic E-state index is 0.139. The summed E-state index contributed by atoms with van der Waals surface area (Å²) in [7, 11) is 0. The fourth-order valence-corrected chi connectivity index (χ4v) is 3.69. The van der Waals surface area contributed by atoms with Crippen LogP contribution in [-0.2, 0) is 16.1 Å². The van der Waals surface area contributed by atoms with Gasteiger partial charge in [-0.05, 0) is 66.6 Å². The molecule has 4 rings (SSSR count). The molecule has 0 bridgehead atoms. The topological polar surface area (TPSA) is 58.6 Å². The van der Waals surface area contributed by atoms with E-state index in [4.69, 9.17) is 27.9 Å². The van der Waals surface area contributed by atoms with Crippen LogP contribution in [0.25, 0.3) is 5.57 Å². The smallest absolute Gasteiger partial charge is 0.278 e. The number of imide groups is 1. The lowest BCUT2D eigenvalue weighted by atomic mass is 10.0. The van der Waals surface area contributed by atoms with Crippen LogP contribution in [0.4, 0.5) is 5.69 Å². The molecule has 0 aromatic heterocycles. The van der Waals surface area contributed by atoms with Gasteiger partial charge < -0.3 is 10.1 Å². The van der Waals surface area contributed by atoms with Crippen molar-refractivity contribution in [1.29, 1.82) is 0 Å². The van der Waals surface area contributed by atoms with Crippen molar-refractivity contribution < 1.29 is 14.3 Å². The second kappa shape index (κ2) is 9.47. The van der Waals surface area contributed by atoms with Crippen LogP contribution in [0.1, 0.15) is 18.1 Å². The lowest BCUT2D eigenvalue weighted by molar-refractivity contribution is -0.137. The molecule has 0 saturated heterocycles. The second-order valence-corrected chi connectivity index (χ2v) is 8.04. The van der Waals surface area contributed by atoms with E-state index in [1.807, 2.05) is 6.92 Å². The summed E-state index contributed by atoms with van der Waals surface area (Å²) in [6.45, 7) is 2.61. The van der Waals surface area contributed by atoms with Crippen molar-refractivity contribution in [2.45, 2.75) is 13.5 Å². The molecule has 5 nitrogen and oxygen atoms in total. The van der Waals surface area contributed by atoms with Gasteiger partial charge in [0.05, 0.1) is 18.7 Å². The molecule has 7 heteroatoms. The number of halogens is 2. The van der Waals surface area contributed by atoms with Crippen LogP contribution < -0.4 is 10.1 Å². The Morgan fingerprint density at radius 2 is 1.41 bits per heavy atom. The Bertz CT molecular complexity index is 1170. The van der Waals surface area contributed by atoms with Gasteiger partial charge in [-0.2, -0.15) is 0 Å². The van der Waals surface area contributed by atoms with E-state index in [0.29, 0.717) is 33.5 Å². The second-order valence-electron chi connectivity index (χ2n) is 7.16. The quantitative estimate of drug-likeness (QED) is 0.448. The van der Waals surface area contributed by atoms with Crippen molar-refractivity contribution in [3.8, 4) is 5.75 Å². The number of hydrogen-bond acceptors (Lipinski definition) is 4. The predicted molar refractivity (Wildman–Crippen MR) is 127 cm³/mol. The highest BCUT2D eigenvalue weighted by molar-refractivity contribution is 6.37. The Kier molecular flexibility index (Phi) is 6.49. The molecule has 2 amide bonds. The van der Waals surface area contributed by atoms with Gasteiger partial charge in [0, 0.05) is 15.7 Å². The summed E-state index contributed by atoms with van der Waals surface area (Å²) >= 11 is 12.0. The van der Waals surface area contributed by atoms with Gasteiger partial charge in [0.15, 0.2) is 0 Å². The summed E-state index contributed by atoms with van der Waals surface area (Å²) in [6, 6.07) is 21.1. The largest absolute Gasteiger partial charge is 0.494 e. The van der Waals surface area contributed by atoms with E-state index >= 15 is 0 Å². The zero-order valence-corrected chi connectivity index (χ0v) is 18.8. The number of hydrogen-bond donors (Lipinski definition) is 1. The molecule has 162 valence electrons. The minimum atomic E-state index is -0.399. The first-order valence-electron chi connectivity index (χ1n) is 10.1. The third kappa shape index (κ3) is 4.64. The zero-order chi connectivity index (χ0) is 22.7. The minimum Gasteiger partial charge on any atom is -0.494 e. The van der Waals surface area contributed by atoms with Crippen molar-refractivity contribution in [2.75, 3.05) is 11.9 Å². The summed E-state index contributed by atoms with van der Waals surface area (Å²) in [5, 5.41) is 4.27. The van der Waals surface area contributed by atoms with Crippen LogP contribution in [0.3, 0.4) is 0 Å². The molecular formula is C25H20Cl2N2O3. The number of anilines is 1. The van der Waals surface area contributed by atoms with Crippen LogP contribution >= 0.6 is 23.2 Å². The van der Waals surface area contributed by atoms with Gasteiger partial charge >= 0.3 is 0 Å². The van der Waals surface area contributed by atoms with Crippen molar-refractivity contribution >= 4 is 46.3 Å². The highest BCUT2D eigenvalue weighted by atomic mass is 35.5. The number of rotatable bonds is 7. The normalized spacial score (nSPS) is 13.7. The maximum atomic E-state index is 13.3. The lowest BCUT2D eigenvalue weighted by Crippen LogP contribution is -2.32. The summed E-state index contributed by atoms with van der Waals surface area (Å²) in [6.07, 6.45) is 0. The Balaban J connectivity index is 1.68. The number of carbonyl (C=O) groups excluding carboxylic acids is 2. The molecule has 0 unspecified atom stereocenters. The summed E-state index contributed by atoms with van der Waals surface area (Å²) in [5.41, 5.74) is 2.60. The molecular weight excluding hydrogens is 447 g/mol. The summed E-state index contributed by atoms with van der Waals surface area (Å²) in [4.78, 5) is 27.9. The van der Waals surface area contributed by atoms with Gasteiger partial charge in [-0.1, -0.05) is 47.5 Å². The SMILES string of the molecule is CCOc1ccc(NC2=C(c3ccc(Cl)cc3)C(=O)N(Cc3ccc(Cl)cc3)C2=O)cc1. The fourth-order valence-electron chi connectivity index (χ4n) is 3.44. The average molecular weight is 467 g/mol. The Hall–Kier alpha value is -3.28. The number of ether oxygens (including phenoxy) is 1. The maximum absolute atomic E-state index is 13.3. The third-order valence-corrected chi connectivity index (χ3v) is 5.49. The monoisotopic (exact) mass is 466 g/mol. The van der Waals surface area contributed by atoms with Crippen molar-refractivity contribution in [2.24, 2.45) is 0 Å². The number of amides is 2. The van der Waals surface area contributed by atoms with Crippen LogP contribution in [0.2, 0.25) is 10.0 Å². The Labute approximate surface area is 196 Å². The Morgan fingerprint density at radius 1 is 0.812 bits per heavy atom. The molecule has 1 N–H and O–H groups in total. The summed E-state index contributed by atoms with van der Waals surface area (Å²) in [5.74, 6) is -0.0485. The van der Waals surface area contributed by atoms with E-state index in [1.54, 1.807) is 72.8 Å². The highest BCUT2D eigenvalue weighted by Gasteiger charge is 2.39. The molecule has 0 atom stereocenters. The molecule has 1 heterocycles. The molecule has 32 heavy (non-hydrogen) atoms. The fraction of sp³-hybridized carbons (Fsp3) is 0.120. The first-order chi connectivity index (χ1) is 15.5. The molecule has 0 aliphatic carbocycles. The molecule has 0 fully saturated rings. The number of carbonyl (C=O) groups is 2. The lowest BCUT2D eigenvalue weighted by Gasteiger charge is -2.15. The van der Waals surface area contributed by atoms with E-state index in [9.17, 15) is 9.59 Å². The van der Waals surface area contributed by atoms with Crippen LogP contribution in [0, 0.1) is 0 Å². The zero-order valence-electron chi connectivity index (χ0n) is 17.3. The Morgan fingerprint density at radius 3 is 2.00 bits per heavy atom. The standard InChI is InChI=1S/C25H20Cl2N2O3/c1-2-32-21-13-11-20(12-14-21)28-23-22(17-5-9-19(27)10-6-17)24(30)29(25(23)31)15-16-3-7-18(26)8-4-16/h3-14,28H,2,15H2,1H3. The first-order valence-corrected chi connectivity index (χ1v) is 10.8. The number of nitrogens with one attached hydrogen (secondary N) is 1. The van der Waals surface area contributed by atoms with Gasteiger partial charge in [-0.15, -0.1) is 0 Å². The van der Waals surface area contributed by atoms with Gasteiger partial charge in [0.1, 0.15) is 11.4 Å². The van der Waals surface area contributed by atoms with E-state index in [-0.39, 0.29) is 18.1 Å². The number of benzene rings is 3. The van der Waals surface area contributed by atoms with E-state index in [0.717, 1.165) is 11.3 Å². The molecule has 1 aliphatic rings. The number of nitrogens with zero attached hydrogens (tertiary/aromatic N) is 1. The first kappa shape index (κ1) is 21.9. The summed E-state index contributed by atoms with van der Waals surface area (Å²) < 4.78 is 5.47. The average Bonchev–Trinajstić information content (AvgIpc) is 3.01. The molecule has 0 spiro atoms.